The Balaban J connectivity index is 1.95. The fraction of sp³-hybridized carbons (Fsp3) is 0. The molecular formula is C18H15N4O+. The minimum Gasteiger partial charge on any atom is -0.247 e. The number of aromatic nitrogens is 2. The van der Waals surface area contributed by atoms with E-state index < -0.39 is 0 Å². The lowest BCUT2D eigenvalue weighted by molar-refractivity contribution is -0.362. The maximum absolute atomic E-state index is 12.8. The molecule has 0 atom stereocenters. The number of hydrogen-bond donors (Lipinski definition) is 0. The van der Waals surface area contributed by atoms with Crippen molar-refractivity contribution < 1.29 is 9.78 Å². The number of aliphatic imine (C=N–C) groups is 1. The van der Waals surface area contributed by atoms with Crippen LogP contribution in [0.15, 0.2) is 84.1 Å². The summed E-state index contributed by atoms with van der Waals surface area (Å²) in [6.45, 7) is 0. The SMILES string of the molecule is O=C(c1ccccc1)N(/C=N/c1ccccn1)c1cccc[nH+]1. The van der Waals surface area contributed by atoms with Gasteiger partial charge in [-0.1, -0.05) is 30.3 Å². The molecular weight excluding hydrogens is 288 g/mol. The zero-order valence-electron chi connectivity index (χ0n) is 12.3. The van der Waals surface area contributed by atoms with Crippen LogP contribution in [0.5, 0.6) is 0 Å². The first-order valence-electron chi connectivity index (χ1n) is 7.15. The maximum atomic E-state index is 12.8. The summed E-state index contributed by atoms with van der Waals surface area (Å²) in [5.74, 6) is 0.989. The summed E-state index contributed by atoms with van der Waals surface area (Å²) >= 11 is 0. The Morgan fingerprint density at radius 3 is 2.48 bits per heavy atom. The van der Waals surface area contributed by atoms with E-state index in [9.17, 15) is 4.79 Å². The molecule has 0 radical (unpaired) electrons. The lowest BCUT2D eigenvalue weighted by atomic mass is 10.2. The van der Waals surface area contributed by atoms with Gasteiger partial charge in [0.05, 0.1) is 11.8 Å². The van der Waals surface area contributed by atoms with Crippen LogP contribution in [0.25, 0.3) is 0 Å². The van der Waals surface area contributed by atoms with Crippen LogP contribution in [0.4, 0.5) is 11.6 Å². The van der Waals surface area contributed by atoms with Gasteiger partial charge < -0.3 is 0 Å². The number of amides is 1. The van der Waals surface area contributed by atoms with Crippen molar-refractivity contribution in [2.24, 2.45) is 4.99 Å². The van der Waals surface area contributed by atoms with Crippen LogP contribution in [-0.4, -0.2) is 17.2 Å². The summed E-state index contributed by atoms with van der Waals surface area (Å²) in [6, 6.07) is 20.0. The number of hydrogen-bond acceptors (Lipinski definition) is 3. The topological polar surface area (TPSA) is 59.7 Å². The summed E-state index contributed by atoms with van der Waals surface area (Å²) in [5, 5.41) is 0. The zero-order valence-corrected chi connectivity index (χ0v) is 12.3. The quantitative estimate of drug-likeness (QED) is 0.549. The molecule has 3 rings (SSSR count). The lowest BCUT2D eigenvalue weighted by Crippen LogP contribution is -2.33. The molecule has 2 heterocycles. The minimum absolute atomic E-state index is 0.173. The van der Waals surface area contributed by atoms with Crippen molar-refractivity contribution in [3.05, 3.63) is 84.7 Å². The Morgan fingerprint density at radius 1 is 1.00 bits per heavy atom. The largest absolute Gasteiger partial charge is 0.347 e. The summed E-state index contributed by atoms with van der Waals surface area (Å²) in [4.78, 5) is 25.7. The second-order valence-electron chi connectivity index (χ2n) is 4.72. The van der Waals surface area contributed by atoms with E-state index in [1.807, 2.05) is 48.5 Å². The van der Waals surface area contributed by atoms with E-state index in [-0.39, 0.29) is 5.91 Å². The van der Waals surface area contributed by atoms with E-state index in [4.69, 9.17) is 0 Å². The molecule has 2 aromatic heterocycles. The highest BCUT2D eigenvalue weighted by molar-refractivity contribution is 6.15. The summed E-state index contributed by atoms with van der Waals surface area (Å²) < 4.78 is 0. The smallest absolute Gasteiger partial charge is 0.247 e. The Morgan fingerprint density at radius 2 is 1.78 bits per heavy atom. The van der Waals surface area contributed by atoms with Gasteiger partial charge in [0.2, 0.25) is 0 Å². The van der Waals surface area contributed by atoms with E-state index in [1.54, 1.807) is 30.6 Å². The number of carbonyl (C=O) groups excluding carboxylic acids is 1. The van der Waals surface area contributed by atoms with Gasteiger partial charge in [-0.05, 0) is 30.3 Å². The van der Waals surface area contributed by atoms with E-state index in [2.05, 4.69) is 15.0 Å². The van der Waals surface area contributed by atoms with Crippen molar-refractivity contribution in [2.45, 2.75) is 0 Å². The van der Waals surface area contributed by atoms with Crippen LogP contribution in [0.2, 0.25) is 0 Å². The van der Waals surface area contributed by atoms with Gasteiger partial charge >= 0.3 is 5.91 Å². The Kier molecular flexibility index (Phi) is 4.49. The maximum Gasteiger partial charge on any atom is 0.347 e. The van der Waals surface area contributed by atoms with Crippen LogP contribution in [0.1, 0.15) is 10.4 Å². The minimum atomic E-state index is -0.173. The average Bonchev–Trinajstić information content (AvgIpc) is 2.64. The Hall–Kier alpha value is -3.34. The molecule has 0 aliphatic rings. The van der Waals surface area contributed by atoms with Crippen LogP contribution in [0.3, 0.4) is 0 Å². The third-order valence-corrected chi connectivity index (χ3v) is 3.15. The summed E-state index contributed by atoms with van der Waals surface area (Å²) in [7, 11) is 0. The highest BCUT2D eigenvalue weighted by Crippen LogP contribution is 2.12. The van der Waals surface area contributed by atoms with Crippen LogP contribution >= 0.6 is 0 Å². The van der Waals surface area contributed by atoms with E-state index in [0.29, 0.717) is 17.2 Å². The predicted molar refractivity (Wildman–Crippen MR) is 88.6 cm³/mol. The number of nitrogens with zero attached hydrogens (tertiary/aromatic N) is 3. The molecule has 0 spiro atoms. The molecule has 0 aliphatic carbocycles. The second kappa shape index (κ2) is 7.09. The van der Waals surface area contributed by atoms with E-state index >= 15 is 0 Å². The number of carbonyl (C=O) groups is 1. The normalized spacial score (nSPS) is 10.6. The number of rotatable bonds is 4. The van der Waals surface area contributed by atoms with Crippen molar-refractivity contribution >= 4 is 23.9 Å². The zero-order chi connectivity index (χ0) is 15.9. The Labute approximate surface area is 134 Å². The number of H-pyrrole nitrogens is 1. The van der Waals surface area contributed by atoms with Crippen molar-refractivity contribution in [2.75, 3.05) is 4.90 Å². The first kappa shape index (κ1) is 14.6. The lowest BCUT2D eigenvalue weighted by Gasteiger charge is -2.08. The fourth-order valence-electron chi connectivity index (χ4n) is 2.02. The molecule has 5 heteroatoms. The summed E-state index contributed by atoms with van der Waals surface area (Å²) in [5.41, 5.74) is 0.581. The number of anilines is 1. The molecule has 0 saturated heterocycles. The van der Waals surface area contributed by atoms with Crippen LogP contribution in [0, 0.1) is 0 Å². The molecule has 0 bridgehead atoms. The molecule has 0 unspecified atom stereocenters. The van der Waals surface area contributed by atoms with Gasteiger partial charge in [-0.3, -0.25) is 0 Å². The predicted octanol–water partition coefficient (Wildman–Crippen LogP) is 2.90. The summed E-state index contributed by atoms with van der Waals surface area (Å²) in [6.07, 6.45) is 4.89. The van der Waals surface area contributed by atoms with Crippen LogP contribution < -0.4 is 9.88 Å². The van der Waals surface area contributed by atoms with Gasteiger partial charge in [0, 0.05) is 12.3 Å². The fourth-order valence-corrected chi connectivity index (χ4v) is 2.02. The molecule has 0 aliphatic heterocycles. The van der Waals surface area contributed by atoms with E-state index in [1.165, 1.54) is 11.2 Å². The standard InChI is InChI=1S/C18H14N4O/c23-18(15-8-2-1-3-9-15)22(17-11-5-7-13-20-17)14-21-16-10-4-6-12-19-16/h1-14H/p+1/b21-14+. The number of pyridine rings is 2. The molecule has 1 aromatic carbocycles. The van der Waals surface area contributed by atoms with Gasteiger partial charge in [-0.25, -0.2) is 14.8 Å². The molecule has 1 N–H and O–H groups in total. The second-order valence-corrected chi connectivity index (χ2v) is 4.72. The highest BCUT2D eigenvalue weighted by Gasteiger charge is 2.24. The third kappa shape index (κ3) is 3.65. The molecule has 3 aromatic rings. The highest BCUT2D eigenvalue weighted by atomic mass is 16.2. The van der Waals surface area contributed by atoms with Gasteiger partial charge in [0.1, 0.15) is 0 Å². The van der Waals surface area contributed by atoms with Gasteiger partial charge in [-0.15, -0.1) is 4.90 Å². The molecule has 0 fully saturated rings. The van der Waals surface area contributed by atoms with E-state index in [0.717, 1.165) is 0 Å². The molecule has 0 saturated carbocycles. The third-order valence-electron chi connectivity index (χ3n) is 3.15. The van der Waals surface area contributed by atoms with Crippen molar-refractivity contribution in [3.8, 4) is 0 Å². The number of nitrogens with one attached hydrogen (secondary N) is 1. The van der Waals surface area contributed by atoms with Crippen LogP contribution in [-0.2, 0) is 0 Å². The number of aromatic amines is 1. The molecule has 1 amide bonds. The van der Waals surface area contributed by atoms with Gasteiger partial charge in [-0.2, -0.15) is 4.99 Å². The van der Waals surface area contributed by atoms with Gasteiger partial charge in [0.25, 0.3) is 5.82 Å². The first-order chi connectivity index (χ1) is 11.3. The first-order valence-corrected chi connectivity index (χ1v) is 7.15. The Bertz CT molecular complexity index is 789. The monoisotopic (exact) mass is 303 g/mol. The molecule has 112 valence electrons. The average molecular weight is 303 g/mol. The molecule has 5 nitrogen and oxygen atoms in total. The van der Waals surface area contributed by atoms with Crippen molar-refractivity contribution in [1.29, 1.82) is 0 Å². The van der Waals surface area contributed by atoms with Crippen molar-refractivity contribution in [3.63, 3.8) is 0 Å². The van der Waals surface area contributed by atoms with Crippen molar-refractivity contribution in [1.82, 2.24) is 4.98 Å². The molecule has 23 heavy (non-hydrogen) atoms. The van der Waals surface area contributed by atoms with Gasteiger partial charge in [0.15, 0.2) is 12.2 Å². The number of benzene rings is 1.